The molecular weight excluding hydrogens is 336 g/mol. The highest BCUT2D eigenvalue weighted by atomic mass is 16.5. The number of carbonyl (C=O) groups is 2. The molecule has 5 N–H and O–H groups in total. The molecule has 0 bridgehead atoms. The maximum absolute atomic E-state index is 11.5. The monoisotopic (exact) mass is 358 g/mol. The van der Waals surface area contributed by atoms with E-state index in [1.807, 2.05) is 6.07 Å². The van der Waals surface area contributed by atoms with E-state index in [1.165, 1.54) is 13.1 Å². The van der Waals surface area contributed by atoms with Gasteiger partial charge in [0, 0.05) is 44.8 Å². The minimum Gasteiger partial charge on any atom is -0.385 e. The minimum atomic E-state index is -0.613. The topological polar surface area (TPSA) is 131 Å². The lowest BCUT2D eigenvalue weighted by atomic mass is 10.2. The molecule has 2 rings (SSSR count). The summed E-state index contributed by atoms with van der Waals surface area (Å²) in [5.74, 6) is -0.126. The number of rotatable bonds is 9. The lowest BCUT2D eigenvalue weighted by molar-refractivity contribution is -0.114. The van der Waals surface area contributed by atoms with E-state index >= 15 is 0 Å². The van der Waals surface area contributed by atoms with Crippen molar-refractivity contribution in [3.8, 4) is 0 Å². The molecule has 0 aliphatic heterocycles. The highest BCUT2D eigenvalue weighted by molar-refractivity contribution is 5.97. The predicted molar refractivity (Wildman–Crippen MR) is 99.6 cm³/mol. The summed E-state index contributed by atoms with van der Waals surface area (Å²) in [5.41, 5.74) is 6.91. The van der Waals surface area contributed by atoms with Gasteiger partial charge in [0.2, 0.25) is 11.9 Å². The number of hydrogen-bond donors (Lipinski definition) is 4. The first-order valence-electron chi connectivity index (χ1n) is 8.04. The van der Waals surface area contributed by atoms with Crippen LogP contribution in [0.2, 0.25) is 0 Å². The molecule has 1 aromatic heterocycles. The summed E-state index contributed by atoms with van der Waals surface area (Å²) in [6.07, 6.45) is 2.12. The molecule has 0 saturated carbocycles. The Hall–Kier alpha value is -3.20. The molecule has 0 unspecified atom stereocenters. The second kappa shape index (κ2) is 9.33. The van der Waals surface area contributed by atoms with Crippen molar-refractivity contribution in [3.63, 3.8) is 0 Å². The lowest BCUT2D eigenvalue weighted by Gasteiger charge is -2.12. The summed E-state index contributed by atoms with van der Waals surface area (Å²) in [6, 6.07) is 7.11. The van der Waals surface area contributed by atoms with Crippen molar-refractivity contribution in [1.29, 1.82) is 0 Å². The highest BCUT2D eigenvalue weighted by Crippen LogP contribution is 2.20. The Labute approximate surface area is 151 Å². The maximum atomic E-state index is 11.5. The Balaban J connectivity index is 2.16. The van der Waals surface area contributed by atoms with E-state index in [-0.39, 0.29) is 11.5 Å². The Kier molecular flexibility index (Phi) is 6.86. The lowest BCUT2D eigenvalue weighted by Crippen LogP contribution is -2.18. The number of methoxy groups -OCH3 is 1. The van der Waals surface area contributed by atoms with Gasteiger partial charge in [-0.1, -0.05) is 6.07 Å². The number of nitrogens with zero attached hydrogens (tertiary/aromatic N) is 2. The van der Waals surface area contributed by atoms with Gasteiger partial charge in [-0.2, -0.15) is 4.98 Å². The second-order valence-electron chi connectivity index (χ2n) is 5.48. The molecule has 1 heterocycles. The van der Waals surface area contributed by atoms with Crippen molar-refractivity contribution in [2.24, 2.45) is 5.73 Å². The fraction of sp³-hybridized carbons (Fsp3) is 0.294. The summed E-state index contributed by atoms with van der Waals surface area (Å²) < 4.78 is 4.99. The molecule has 2 aromatic rings. The largest absolute Gasteiger partial charge is 0.385 e. The Morgan fingerprint density at radius 3 is 2.73 bits per heavy atom. The molecule has 2 amide bonds. The number of primary amides is 1. The number of nitrogens with one attached hydrogen (secondary N) is 3. The molecule has 9 heteroatoms. The zero-order chi connectivity index (χ0) is 18.9. The van der Waals surface area contributed by atoms with Crippen LogP contribution in [0.15, 0.2) is 30.5 Å². The van der Waals surface area contributed by atoms with Crippen LogP contribution in [0.3, 0.4) is 0 Å². The van der Waals surface area contributed by atoms with Gasteiger partial charge in [0.1, 0.15) is 5.82 Å². The molecule has 1 aromatic carbocycles. The molecule has 0 fully saturated rings. The van der Waals surface area contributed by atoms with Crippen LogP contribution in [0, 0.1) is 0 Å². The van der Waals surface area contributed by atoms with Crippen molar-refractivity contribution in [2.45, 2.75) is 13.3 Å². The number of hydrogen-bond acceptors (Lipinski definition) is 7. The second-order valence-corrected chi connectivity index (χ2v) is 5.48. The molecule has 0 atom stereocenters. The maximum Gasteiger partial charge on any atom is 0.254 e. The Bertz CT molecular complexity index is 781. The van der Waals surface area contributed by atoms with Crippen molar-refractivity contribution >= 4 is 35.0 Å². The molecule has 0 aliphatic rings. The number of ether oxygens (including phenoxy) is 1. The van der Waals surface area contributed by atoms with Crippen LogP contribution in [-0.4, -0.2) is 42.0 Å². The van der Waals surface area contributed by atoms with Crippen molar-refractivity contribution in [2.75, 3.05) is 36.2 Å². The van der Waals surface area contributed by atoms with Gasteiger partial charge in [-0.15, -0.1) is 0 Å². The van der Waals surface area contributed by atoms with Crippen LogP contribution < -0.4 is 21.7 Å². The quantitative estimate of drug-likeness (QED) is 0.502. The van der Waals surface area contributed by atoms with Gasteiger partial charge in [-0.25, -0.2) is 4.98 Å². The SMILES string of the molecule is COCCCNc1nc(Nc2cccc(NC(C)=O)c2)ncc1C(N)=O. The number of amides is 2. The highest BCUT2D eigenvalue weighted by Gasteiger charge is 2.12. The molecule has 138 valence electrons. The van der Waals surface area contributed by atoms with Crippen LogP contribution in [0.1, 0.15) is 23.7 Å². The number of nitrogens with two attached hydrogens (primary N) is 1. The zero-order valence-corrected chi connectivity index (χ0v) is 14.7. The van der Waals surface area contributed by atoms with Gasteiger partial charge in [0.15, 0.2) is 0 Å². The molecular formula is C17H22N6O3. The van der Waals surface area contributed by atoms with E-state index in [4.69, 9.17) is 10.5 Å². The standard InChI is InChI=1S/C17H22N6O3/c1-11(24)21-12-5-3-6-13(9-12)22-17-20-10-14(15(18)25)16(23-17)19-7-4-8-26-2/h3,5-6,9-10H,4,7-8H2,1-2H3,(H2,18,25)(H,21,24)(H2,19,20,22,23). The molecule has 0 radical (unpaired) electrons. The smallest absolute Gasteiger partial charge is 0.254 e. The molecule has 0 saturated heterocycles. The third kappa shape index (κ3) is 5.71. The van der Waals surface area contributed by atoms with Gasteiger partial charge in [0.05, 0.1) is 5.56 Å². The summed E-state index contributed by atoms with van der Waals surface area (Å²) in [7, 11) is 1.62. The van der Waals surface area contributed by atoms with Gasteiger partial charge in [-0.05, 0) is 24.6 Å². The van der Waals surface area contributed by atoms with Crippen LogP contribution in [0.4, 0.5) is 23.1 Å². The van der Waals surface area contributed by atoms with Crippen molar-refractivity contribution in [1.82, 2.24) is 9.97 Å². The third-order valence-corrected chi connectivity index (χ3v) is 3.31. The van der Waals surface area contributed by atoms with E-state index < -0.39 is 5.91 Å². The summed E-state index contributed by atoms with van der Waals surface area (Å²) in [6.45, 7) is 2.60. The normalized spacial score (nSPS) is 10.2. The van der Waals surface area contributed by atoms with E-state index in [1.54, 1.807) is 25.3 Å². The van der Waals surface area contributed by atoms with Crippen molar-refractivity contribution in [3.05, 3.63) is 36.0 Å². The number of anilines is 4. The summed E-state index contributed by atoms with van der Waals surface area (Å²) in [5, 5.41) is 8.80. The van der Waals surface area contributed by atoms with Crippen LogP contribution >= 0.6 is 0 Å². The first-order valence-corrected chi connectivity index (χ1v) is 8.04. The zero-order valence-electron chi connectivity index (χ0n) is 14.7. The van der Waals surface area contributed by atoms with E-state index in [0.717, 1.165) is 6.42 Å². The van der Waals surface area contributed by atoms with E-state index in [9.17, 15) is 9.59 Å². The average Bonchev–Trinajstić information content (AvgIpc) is 2.58. The number of benzene rings is 1. The third-order valence-electron chi connectivity index (χ3n) is 3.31. The van der Waals surface area contributed by atoms with Gasteiger partial charge >= 0.3 is 0 Å². The van der Waals surface area contributed by atoms with E-state index in [2.05, 4.69) is 25.9 Å². The molecule has 0 aliphatic carbocycles. The van der Waals surface area contributed by atoms with E-state index in [0.29, 0.717) is 36.3 Å². The van der Waals surface area contributed by atoms with Gasteiger partial charge in [-0.3, -0.25) is 9.59 Å². The molecule has 0 spiro atoms. The minimum absolute atomic E-state index is 0.160. The van der Waals surface area contributed by atoms with Crippen LogP contribution in [0.5, 0.6) is 0 Å². The number of carbonyl (C=O) groups excluding carboxylic acids is 2. The van der Waals surface area contributed by atoms with Gasteiger partial charge in [0.25, 0.3) is 5.91 Å². The average molecular weight is 358 g/mol. The summed E-state index contributed by atoms with van der Waals surface area (Å²) in [4.78, 5) is 31.1. The fourth-order valence-corrected chi connectivity index (χ4v) is 2.19. The van der Waals surface area contributed by atoms with Crippen molar-refractivity contribution < 1.29 is 14.3 Å². The Morgan fingerprint density at radius 2 is 2.04 bits per heavy atom. The van der Waals surface area contributed by atoms with Crippen LogP contribution in [-0.2, 0) is 9.53 Å². The molecule has 9 nitrogen and oxygen atoms in total. The predicted octanol–water partition coefficient (Wildman–Crippen LogP) is 1.73. The number of aromatic nitrogens is 2. The fourth-order valence-electron chi connectivity index (χ4n) is 2.19. The molecule has 26 heavy (non-hydrogen) atoms. The summed E-state index contributed by atoms with van der Waals surface area (Å²) >= 11 is 0. The first kappa shape index (κ1) is 19.1. The Morgan fingerprint density at radius 1 is 1.27 bits per heavy atom. The first-order chi connectivity index (χ1) is 12.5. The van der Waals surface area contributed by atoms with Crippen LogP contribution in [0.25, 0.3) is 0 Å². The van der Waals surface area contributed by atoms with Gasteiger partial charge < -0.3 is 26.4 Å².